The number of ether oxygens (including phenoxy) is 1. The van der Waals surface area contributed by atoms with Crippen LogP contribution < -0.4 is 15.8 Å². The number of anilines is 1. The van der Waals surface area contributed by atoms with Gasteiger partial charge in [-0.25, -0.2) is 9.97 Å². The number of thiophene rings is 1. The third-order valence-corrected chi connectivity index (χ3v) is 4.79. The van der Waals surface area contributed by atoms with Crippen molar-refractivity contribution in [2.24, 2.45) is 10.7 Å². The number of hydrogen-bond donors (Lipinski definition) is 3. The number of rotatable bonds is 5. The maximum absolute atomic E-state index is 9.73. The number of methoxy groups -OCH3 is 1. The number of nitrogens with two attached hydrogens (primary N) is 1. The standard InChI is InChI=1S/C18H19N5O2S/c1-10-16(13-5-4-12(24)6-14(13)25-3)17-15(26-10)9-21-18(23-17)22-11(7-19)8-20-2/h4-9,24H,19H2,1-3H3,(H,21,22,23). The number of nitrogens with zero attached hydrogens (tertiary/aromatic N) is 3. The van der Waals surface area contributed by atoms with Crippen molar-refractivity contribution in [3.8, 4) is 22.6 Å². The summed E-state index contributed by atoms with van der Waals surface area (Å²) in [6.45, 7) is 2.02. The highest BCUT2D eigenvalue weighted by Crippen LogP contribution is 2.42. The van der Waals surface area contributed by atoms with Crippen molar-refractivity contribution in [1.29, 1.82) is 0 Å². The highest BCUT2D eigenvalue weighted by atomic mass is 32.1. The molecule has 4 N–H and O–H groups in total. The zero-order valence-electron chi connectivity index (χ0n) is 14.6. The van der Waals surface area contributed by atoms with E-state index >= 15 is 0 Å². The zero-order chi connectivity index (χ0) is 18.7. The number of hydrogen-bond acceptors (Lipinski definition) is 8. The number of aryl methyl sites for hydroxylation is 1. The van der Waals surface area contributed by atoms with E-state index in [1.54, 1.807) is 50.0 Å². The molecule has 0 amide bonds. The number of aliphatic imine (C=N–C) groups is 1. The van der Waals surface area contributed by atoms with Gasteiger partial charge in [0.05, 0.1) is 29.2 Å². The molecule has 2 heterocycles. The maximum Gasteiger partial charge on any atom is 0.227 e. The Morgan fingerprint density at radius 1 is 1.42 bits per heavy atom. The van der Waals surface area contributed by atoms with Gasteiger partial charge in [0.15, 0.2) is 0 Å². The number of phenols is 1. The quantitative estimate of drug-likeness (QED) is 0.596. The smallest absolute Gasteiger partial charge is 0.227 e. The minimum Gasteiger partial charge on any atom is -0.508 e. The lowest BCUT2D eigenvalue weighted by Crippen LogP contribution is -2.06. The molecular formula is C18H19N5O2S. The molecule has 0 aliphatic rings. The summed E-state index contributed by atoms with van der Waals surface area (Å²) in [5.41, 5.74) is 8.81. The van der Waals surface area contributed by atoms with E-state index in [9.17, 15) is 5.11 Å². The Bertz CT molecular complexity index is 1010. The van der Waals surface area contributed by atoms with Crippen LogP contribution in [0.4, 0.5) is 5.95 Å². The summed E-state index contributed by atoms with van der Waals surface area (Å²) in [5, 5.41) is 12.8. The number of aromatic hydroxyl groups is 1. The van der Waals surface area contributed by atoms with E-state index in [4.69, 9.17) is 10.5 Å². The Labute approximate surface area is 154 Å². The fourth-order valence-corrected chi connectivity index (χ4v) is 3.64. The Kier molecular flexibility index (Phi) is 5.04. The first-order valence-electron chi connectivity index (χ1n) is 7.82. The monoisotopic (exact) mass is 369 g/mol. The largest absolute Gasteiger partial charge is 0.508 e. The molecule has 0 spiro atoms. The van der Waals surface area contributed by atoms with Crippen LogP contribution in [0.1, 0.15) is 4.88 Å². The van der Waals surface area contributed by atoms with Crippen LogP contribution in [0.3, 0.4) is 0 Å². The fraction of sp³-hybridized carbons (Fsp3) is 0.167. The fourth-order valence-electron chi connectivity index (χ4n) is 2.66. The van der Waals surface area contributed by atoms with Crippen LogP contribution in [0.5, 0.6) is 11.5 Å². The van der Waals surface area contributed by atoms with Gasteiger partial charge in [-0.15, -0.1) is 11.3 Å². The Balaban J connectivity index is 2.14. The predicted octanol–water partition coefficient (Wildman–Crippen LogP) is 3.29. The molecule has 2 aromatic heterocycles. The second-order valence-electron chi connectivity index (χ2n) is 5.46. The third kappa shape index (κ3) is 3.31. The summed E-state index contributed by atoms with van der Waals surface area (Å²) >= 11 is 1.60. The van der Waals surface area contributed by atoms with Gasteiger partial charge < -0.3 is 20.9 Å². The van der Waals surface area contributed by atoms with E-state index in [2.05, 4.69) is 20.3 Å². The summed E-state index contributed by atoms with van der Waals surface area (Å²) in [7, 11) is 3.24. The van der Waals surface area contributed by atoms with Gasteiger partial charge in [-0.05, 0) is 19.1 Å². The van der Waals surface area contributed by atoms with Gasteiger partial charge in [0.25, 0.3) is 0 Å². The highest BCUT2D eigenvalue weighted by molar-refractivity contribution is 7.19. The van der Waals surface area contributed by atoms with E-state index in [1.165, 1.54) is 6.20 Å². The van der Waals surface area contributed by atoms with Crippen molar-refractivity contribution in [3.05, 3.63) is 41.2 Å². The maximum atomic E-state index is 9.73. The Morgan fingerprint density at radius 2 is 2.23 bits per heavy atom. The number of allylic oxidation sites excluding steroid dienone is 1. The van der Waals surface area contributed by atoms with Crippen LogP contribution in [0, 0.1) is 6.92 Å². The summed E-state index contributed by atoms with van der Waals surface area (Å²) in [6.07, 6.45) is 4.77. The molecule has 0 aliphatic heterocycles. The van der Waals surface area contributed by atoms with Crippen LogP contribution in [0.25, 0.3) is 21.3 Å². The van der Waals surface area contributed by atoms with Crippen LogP contribution in [-0.4, -0.2) is 35.4 Å². The summed E-state index contributed by atoms with van der Waals surface area (Å²) in [6, 6.07) is 5.05. The van der Waals surface area contributed by atoms with Crippen LogP contribution in [-0.2, 0) is 0 Å². The van der Waals surface area contributed by atoms with Gasteiger partial charge in [0.2, 0.25) is 5.95 Å². The lowest BCUT2D eigenvalue weighted by atomic mass is 10.0. The van der Waals surface area contributed by atoms with Crippen molar-refractivity contribution < 1.29 is 9.84 Å². The number of aromatic nitrogens is 2. The Morgan fingerprint density at radius 3 is 2.92 bits per heavy atom. The summed E-state index contributed by atoms with van der Waals surface area (Å²) in [4.78, 5) is 14.0. The van der Waals surface area contributed by atoms with Crippen molar-refractivity contribution in [3.63, 3.8) is 0 Å². The van der Waals surface area contributed by atoms with Gasteiger partial charge in [-0.2, -0.15) is 0 Å². The molecular weight excluding hydrogens is 350 g/mol. The van der Waals surface area contributed by atoms with E-state index in [1.807, 2.05) is 13.0 Å². The molecule has 8 heteroatoms. The van der Waals surface area contributed by atoms with Crippen molar-refractivity contribution in [2.75, 3.05) is 19.5 Å². The molecule has 3 aromatic rings. The van der Waals surface area contributed by atoms with Crippen LogP contribution in [0.15, 0.2) is 41.3 Å². The molecule has 0 aliphatic carbocycles. The van der Waals surface area contributed by atoms with Crippen LogP contribution in [0.2, 0.25) is 0 Å². The minimum atomic E-state index is 0.149. The number of benzene rings is 1. The number of phenolic OH excluding ortho intramolecular Hbond substituents is 1. The lowest BCUT2D eigenvalue weighted by Gasteiger charge is -2.10. The molecule has 0 atom stereocenters. The zero-order valence-corrected chi connectivity index (χ0v) is 15.5. The molecule has 0 saturated carbocycles. The van der Waals surface area contributed by atoms with Gasteiger partial charge in [0.1, 0.15) is 11.5 Å². The molecule has 3 rings (SSSR count). The van der Waals surface area contributed by atoms with Crippen LogP contribution >= 0.6 is 11.3 Å². The second kappa shape index (κ2) is 7.40. The third-order valence-electron chi connectivity index (χ3n) is 3.77. The average Bonchev–Trinajstić information content (AvgIpc) is 2.96. The molecule has 0 unspecified atom stereocenters. The van der Waals surface area contributed by atoms with E-state index in [-0.39, 0.29) is 5.75 Å². The van der Waals surface area contributed by atoms with Gasteiger partial charge in [0, 0.05) is 41.5 Å². The molecule has 134 valence electrons. The van der Waals surface area contributed by atoms with Gasteiger partial charge >= 0.3 is 0 Å². The molecule has 0 bridgehead atoms. The first-order chi connectivity index (χ1) is 12.6. The summed E-state index contributed by atoms with van der Waals surface area (Å²) in [5.74, 6) is 1.16. The molecule has 0 saturated heterocycles. The molecule has 1 aromatic carbocycles. The first-order valence-corrected chi connectivity index (χ1v) is 8.63. The summed E-state index contributed by atoms with van der Waals surface area (Å²) < 4.78 is 6.40. The molecule has 26 heavy (non-hydrogen) atoms. The Hall–Kier alpha value is -3.13. The molecule has 0 radical (unpaired) electrons. The SMILES string of the molecule is CN=CC(=CN)Nc1ncc2sc(C)c(-c3ccc(O)cc3OC)c2n1. The van der Waals surface area contributed by atoms with Crippen molar-refractivity contribution >= 4 is 33.7 Å². The minimum absolute atomic E-state index is 0.149. The lowest BCUT2D eigenvalue weighted by molar-refractivity contribution is 0.409. The molecule has 0 fully saturated rings. The van der Waals surface area contributed by atoms with E-state index < -0.39 is 0 Å². The van der Waals surface area contributed by atoms with Gasteiger partial charge in [-0.1, -0.05) is 0 Å². The highest BCUT2D eigenvalue weighted by Gasteiger charge is 2.18. The second-order valence-corrected chi connectivity index (χ2v) is 6.71. The average molecular weight is 369 g/mol. The van der Waals surface area contributed by atoms with Crippen molar-refractivity contribution in [1.82, 2.24) is 9.97 Å². The van der Waals surface area contributed by atoms with Gasteiger partial charge in [-0.3, -0.25) is 4.99 Å². The molecule has 7 nitrogen and oxygen atoms in total. The van der Waals surface area contributed by atoms with E-state index in [0.29, 0.717) is 17.4 Å². The normalized spacial score (nSPS) is 12.0. The number of nitrogens with one attached hydrogen (secondary N) is 1. The van der Waals surface area contributed by atoms with Crippen molar-refractivity contribution in [2.45, 2.75) is 6.92 Å². The first kappa shape index (κ1) is 17.7. The topological polar surface area (TPSA) is 106 Å². The predicted molar refractivity (Wildman–Crippen MR) is 106 cm³/mol. The van der Waals surface area contributed by atoms with E-state index in [0.717, 1.165) is 26.2 Å². The number of fused-ring (bicyclic) bond motifs is 1.